The Morgan fingerprint density at radius 3 is 2.23 bits per heavy atom. The van der Waals surface area contributed by atoms with Gasteiger partial charge in [-0.25, -0.2) is 9.79 Å². The highest BCUT2D eigenvalue weighted by atomic mass is 32.1. The summed E-state index contributed by atoms with van der Waals surface area (Å²) in [6.45, 7) is 3.76. The summed E-state index contributed by atoms with van der Waals surface area (Å²) in [5.41, 5.74) is -0.154. The lowest BCUT2D eigenvalue weighted by molar-refractivity contribution is -0.138. The lowest BCUT2D eigenvalue weighted by atomic mass is 9.93. The van der Waals surface area contributed by atoms with Crippen LogP contribution in [0.3, 0.4) is 0 Å². The number of ether oxygens (including phenoxy) is 1. The van der Waals surface area contributed by atoms with Crippen LogP contribution in [0.25, 0.3) is 21.5 Å². The first-order valence-corrected chi connectivity index (χ1v) is 8.93. The van der Waals surface area contributed by atoms with E-state index in [1.807, 2.05) is 36.4 Å². The summed E-state index contributed by atoms with van der Waals surface area (Å²) in [6, 6.07) is 18.3. The summed E-state index contributed by atoms with van der Waals surface area (Å²) < 4.78 is 5.68. The fourth-order valence-electron chi connectivity index (χ4n) is 3.51. The SMILES string of the molecule is C=CCC1(CC=S)N=C(c2c3ccccc3cc3ccccc23)OC1=O. The molecule has 128 valence electrons. The van der Waals surface area contributed by atoms with E-state index in [0.29, 0.717) is 18.7 Å². The van der Waals surface area contributed by atoms with Crippen LogP contribution in [-0.4, -0.2) is 22.8 Å². The summed E-state index contributed by atoms with van der Waals surface area (Å²) >= 11 is 5.00. The number of thiocarbonyl (C=S) groups is 1. The second-order valence-electron chi connectivity index (χ2n) is 6.40. The first kappa shape index (κ1) is 16.6. The summed E-state index contributed by atoms with van der Waals surface area (Å²) in [7, 11) is 0. The molecule has 0 bridgehead atoms. The number of carbonyl (C=O) groups excluding carboxylic acids is 1. The van der Waals surface area contributed by atoms with Gasteiger partial charge in [0.2, 0.25) is 5.90 Å². The maximum absolute atomic E-state index is 12.7. The lowest BCUT2D eigenvalue weighted by Gasteiger charge is -2.16. The van der Waals surface area contributed by atoms with E-state index in [-0.39, 0.29) is 5.97 Å². The fraction of sp³-hybridized carbons (Fsp3) is 0.136. The molecule has 1 heterocycles. The first-order chi connectivity index (χ1) is 12.7. The van der Waals surface area contributed by atoms with Crippen LogP contribution in [-0.2, 0) is 9.53 Å². The molecular formula is C22H17NO2S. The summed E-state index contributed by atoms with van der Waals surface area (Å²) in [6.07, 6.45) is 2.43. The molecule has 1 aliphatic rings. The van der Waals surface area contributed by atoms with Crippen molar-refractivity contribution in [3.8, 4) is 0 Å². The van der Waals surface area contributed by atoms with E-state index in [0.717, 1.165) is 27.1 Å². The Hall–Kier alpha value is -2.85. The number of cyclic esters (lactones) is 1. The van der Waals surface area contributed by atoms with Gasteiger partial charge in [0.15, 0.2) is 5.54 Å². The van der Waals surface area contributed by atoms with E-state index >= 15 is 0 Å². The van der Waals surface area contributed by atoms with Gasteiger partial charge in [-0.05, 0) is 33.0 Å². The van der Waals surface area contributed by atoms with Crippen molar-refractivity contribution < 1.29 is 9.53 Å². The molecule has 1 unspecified atom stereocenters. The zero-order valence-electron chi connectivity index (χ0n) is 14.1. The number of carbonyl (C=O) groups is 1. The third-order valence-corrected chi connectivity index (χ3v) is 4.94. The smallest absolute Gasteiger partial charge is 0.341 e. The van der Waals surface area contributed by atoms with Crippen molar-refractivity contribution in [3.05, 3.63) is 72.8 Å². The number of hydrogen-bond donors (Lipinski definition) is 0. The number of nitrogens with zero attached hydrogens (tertiary/aromatic N) is 1. The largest absolute Gasteiger partial charge is 0.405 e. The molecular weight excluding hydrogens is 342 g/mol. The Bertz CT molecular complexity index is 1020. The maximum atomic E-state index is 12.7. The van der Waals surface area contributed by atoms with E-state index in [1.165, 1.54) is 0 Å². The predicted octanol–water partition coefficient (Wildman–Crippen LogP) is 5.00. The van der Waals surface area contributed by atoms with E-state index in [4.69, 9.17) is 21.9 Å². The molecule has 3 aromatic rings. The molecule has 4 heteroatoms. The van der Waals surface area contributed by atoms with Crippen LogP contribution < -0.4 is 0 Å². The van der Waals surface area contributed by atoms with E-state index in [9.17, 15) is 4.79 Å². The number of benzene rings is 3. The van der Waals surface area contributed by atoms with Crippen LogP contribution in [0.4, 0.5) is 0 Å². The molecule has 0 aliphatic carbocycles. The van der Waals surface area contributed by atoms with Crippen molar-refractivity contribution in [2.45, 2.75) is 18.4 Å². The fourth-order valence-corrected chi connectivity index (χ4v) is 3.79. The Morgan fingerprint density at radius 1 is 1.04 bits per heavy atom. The average molecular weight is 359 g/mol. The molecule has 0 aromatic heterocycles. The van der Waals surface area contributed by atoms with Gasteiger partial charge in [0.25, 0.3) is 0 Å². The molecule has 3 nitrogen and oxygen atoms in total. The van der Waals surface area contributed by atoms with Gasteiger partial charge in [0, 0.05) is 12.8 Å². The maximum Gasteiger partial charge on any atom is 0.341 e. The van der Waals surface area contributed by atoms with Gasteiger partial charge < -0.3 is 4.74 Å². The molecule has 26 heavy (non-hydrogen) atoms. The molecule has 0 amide bonds. The number of aliphatic imine (C=N–C) groups is 1. The van der Waals surface area contributed by atoms with Gasteiger partial charge in [-0.2, -0.15) is 0 Å². The van der Waals surface area contributed by atoms with Crippen LogP contribution in [0, 0.1) is 0 Å². The molecule has 0 N–H and O–H groups in total. The highest BCUT2D eigenvalue weighted by Crippen LogP contribution is 2.35. The van der Waals surface area contributed by atoms with Crippen molar-refractivity contribution in [1.82, 2.24) is 0 Å². The van der Waals surface area contributed by atoms with Gasteiger partial charge in [-0.15, -0.1) is 6.58 Å². The Morgan fingerprint density at radius 2 is 1.65 bits per heavy atom. The quantitative estimate of drug-likeness (QED) is 0.278. The van der Waals surface area contributed by atoms with Crippen LogP contribution in [0.2, 0.25) is 0 Å². The minimum atomic E-state index is -1.00. The molecule has 0 saturated carbocycles. The second-order valence-corrected chi connectivity index (χ2v) is 6.73. The molecule has 1 atom stereocenters. The number of hydrogen-bond acceptors (Lipinski definition) is 4. The topological polar surface area (TPSA) is 38.7 Å². The highest BCUT2D eigenvalue weighted by molar-refractivity contribution is 7.79. The first-order valence-electron chi connectivity index (χ1n) is 8.46. The Balaban J connectivity index is 2.02. The normalized spacial score (nSPS) is 19.4. The van der Waals surface area contributed by atoms with Crippen LogP contribution in [0.1, 0.15) is 18.4 Å². The molecule has 3 aromatic carbocycles. The van der Waals surface area contributed by atoms with Gasteiger partial charge in [-0.3, -0.25) is 0 Å². The zero-order valence-corrected chi connectivity index (χ0v) is 15.0. The Kier molecular flexibility index (Phi) is 4.13. The minimum absolute atomic E-state index is 0.347. The number of fused-ring (bicyclic) bond motifs is 2. The molecule has 4 rings (SSSR count). The van der Waals surface area contributed by atoms with Gasteiger partial charge in [-0.1, -0.05) is 66.8 Å². The van der Waals surface area contributed by atoms with Crippen molar-refractivity contribution in [3.63, 3.8) is 0 Å². The standard InChI is InChI=1S/C22H17NO2S/c1-2-11-22(12-13-26)21(24)25-20(23-22)19-17-9-5-3-7-15(17)14-16-8-4-6-10-18(16)19/h2-10,13-14H,1,11-12H2. The van der Waals surface area contributed by atoms with Crippen LogP contribution >= 0.6 is 12.2 Å². The minimum Gasteiger partial charge on any atom is -0.405 e. The van der Waals surface area contributed by atoms with Gasteiger partial charge in [0.05, 0.1) is 5.56 Å². The second kappa shape index (κ2) is 6.46. The van der Waals surface area contributed by atoms with E-state index < -0.39 is 5.54 Å². The third kappa shape index (κ3) is 2.54. The van der Waals surface area contributed by atoms with E-state index in [1.54, 1.807) is 11.4 Å². The zero-order chi connectivity index (χ0) is 18.1. The Labute approximate surface area is 157 Å². The van der Waals surface area contributed by atoms with Crippen molar-refractivity contribution >= 4 is 51.0 Å². The molecule has 0 saturated heterocycles. The average Bonchev–Trinajstić information content (AvgIpc) is 2.96. The number of esters is 1. The molecule has 0 fully saturated rings. The van der Waals surface area contributed by atoms with Gasteiger partial charge >= 0.3 is 5.97 Å². The van der Waals surface area contributed by atoms with Gasteiger partial charge in [0.1, 0.15) is 0 Å². The molecule has 0 spiro atoms. The highest BCUT2D eigenvalue weighted by Gasteiger charge is 2.45. The van der Waals surface area contributed by atoms with Crippen molar-refractivity contribution in [2.75, 3.05) is 0 Å². The summed E-state index contributed by atoms with van der Waals surface area (Å²) in [5, 5.41) is 5.72. The molecule has 1 aliphatic heterocycles. The van der Waals surface area contributed by atoms with Crippen molar-refractivity contribution in [1.29, 1.82) is 0 Å². The summed E-state index contributed by atoms with van der Waals surface area (Å²) in [5.74, 6) is -0.00721. The van der Waals surface area contributed by atoms with Crippen LogP contribution in [0.15, 0.2) is 72.2 Å². The third-order valence-electron chi connectivity index (χ3n) is 4.77. The predicted molar refractivity (Wildman–Crippen MR) is 110 cm³/mol. The monoisotopic (exact) mass is 359 g/mol. The summed E-state index contributed by atoms with van der Waals surface area (Å²) in [4.78, 5) is 17.4. The van der Waals surface area contributed by atoms with Crippen LogP contribution in [0.5, 0.6) is 0 Å². The van der Waals surface area contributed by atoms with E-state index in [2.05, 4.69) is 24.8 Å². The molecule has 0 radical (unpaired) electrons. The lowest BCUT2D eigenvalue weighted by Crippen LogP contribution is -2.33. The van der Waals surface area contributed by atoms with Crippen molar-refractivity contribution in [2.24, 2.45) is 4.99 Å². The number of rotatable bonds is 5.